The third-order valence-corrected chi connectivity index (χ3v) is 6.75. The molecule has 1 heterocycles. The Morgan fingerprint density at radius 1 is 1.06 bits per heavy atom. The first-order valence-corrected chi connectivity index (χ1v) is 11.8. The SMILES string of the molecule is CCCCC1SC(=NN=Cc2ccc(OC)cc2)N(Cc2cccc3ccccc23)C1=O. The van der Waals surface area contributed by atoms with Crippen molar-refractivity contribution in [3.8, 4) is 5.75 Å². The third-order valence-electron chi connectivity index (χ3n) is 5.51. The van der Waals surface area contributed by atoms with Crippen molar-refractivity contribution in [1.82, 2.24) is 4.90 Å². The maximum Gasteiger partial charge on any atom is 0.242 e. The first-order chi connectivity index (χ1) is 15.7. The van der Waals surface area contributed by atoms with Gasteiger partial charge in [0.05, 0.1) is 25.1 Å². The van der Waals surface area contributed by atoms with E-state index in [1.54, 1.807) is 18.2 Å². The van der Waals surface area contributed by atoms with Gasteiger partial charge in [0, 0.05) is 0 Å². The Morgan fingerprint density at radius 3 is 2.62 bits per heavy atom. The molecule has 0 bridgehead atoms. The molecule has 32 heavy (non-hydrogen) atoms. The molecular weight excluding hydrogens is 418 g/mol. The monoisotopic (exact) mass is 445 g/mol. The predicted octanol–water partition coefficient (Wildman–Crippen LogP) is 5.87. The third kappa shape index (κ3) is 5.02. The minimum Gasteiger partial charge on any atom is -0.497 e. The number of hydrogen-bond acceptors (Lipinski definition) is 5. The number of carbonyl (C=O) groups is 1. The summed E-state index contributed by atoms with van der Waals surface area (Å²) in [6.07, 6.45) is 4.64. The lowest BCUT2D eigenvalue weighted by atomic mass is 10.0. The van der Waals surface area contributed by atoms with E-state index in [2.05, 4.69) is 41.4 Å². The fraction of sp³-hybridized carbons (Fsp3) is 0.269. The molecule has 1 aliphatic heterocycles. The Kier molecular flexibility index (Phi) is 7.22. The van der Waals surface area contributed by atoms with Gasteiger partial charge in [-0.15, -0.1) is 5.10 Å². The van der Waals surface area contributed by atoms with Crippen LogP contribution < -0.4 is 4.74 Å². The van der Waals surface area contributed by atoms with Gasteiger partial charge in [0.1, 0.15) is 5.75 Å². The van der Waals surface area contributed by atoms with Crippen LogP contribution in [0, 0.1) is 0 Å². The zero-order valence-electron chi connectivity index (χ0n) is 18.4. The van der Waals surface area contributed by atoms with Crippen LogP contribution in [-0.2, 0) is 11.3 Å². The number of nitrogens with zero attached hydrogens (tertiary/aromatic N) is 3. The number of rotatable bonds is 8. The van der Waals surface area contributed by atoms with E-state index >= 15 is 0 Å². The molecular formula is C26H27N3O2S. The van der Waals surface area contributed by atoms with Gasteiger partial charge in [-0.1, -0.05) is 74.0 Å². The number of amidine groups is 1. The average molecular weight is 446 g/mol. The number of ether oxygens (including phenoxy) is 1. The molecule has 1 unspecified atom stereocenters. The molecule has 0 radical (unpaired) electrons. The summed E-state index contributed by atoms with van der Waals surface area (Å²) in [7, 11) is 1.64. The first-order valence-electron chi connectivity index (χ1n) is 10.9. The quantitative estimate of drug-likeness (QED) is 0.322. The van der Waals surface area contributed by atoms with Gasteiger partial charge in [0.15, 0.2) is 5.17 Å². The fourth-order valence-electron chi connectivity index (χ4n) is 3.74. The lowest BCUT2D eigenvalue weighted by Gasteiger charge is -2.17. The van der Waals surface area contributed by atoms with Crippen molar-refractivity contribution >= 4 is 39.8 Å². The maximum atomic E-state index is 13.2. The van der Waals surface area contributed by atoms with E-state index in [-0.39, 0.29) is 11.2 Å². The number of fused-ring (bicyclic) bond motifs is 1. The lowest BCUT2D eigenvalue weighted by molar-refractivity contribution is -0.126. The van der Waals surface area contributed by atoms with E-state index in [0.29, 0.717) is 11.7 Å². The number of carbonyl (C=O) groups excluding carboxylic acids is 1. The summed E-state index contributed by atoms with van der Waals surface area (Å²) in [5, 5.41) is 11.6. The summed E-state index contributed by atoms with van der Waals surface area (Å²) >= 11 is 1.53. The van der Waals surface area contributed by atoms with Crippen LogP contribution in [0.15, 0.2) is 76.9 Å². The normalized spacial score (nSPS) is 17.7. The summed E-state index contributed by atoms with van der Waals surface area (Å²) in [4.78, 5) is 15.0. The van der Waals surface area contributed by atoms with Crippen LogP contribution in [0.25, 0.3) is 10.8 Å². The molecule has 0 saturated carbocycles. The van der Waals surface area contributed by atoms with Crippen molar-refractivity contribution in [2.45, 2.75) is 38.0 Å². The summed E-state index contributed by atoms with van der Waals surface area (Å²) in [5.74, 6) is 0.917. The number of thioether (sulfide) groups is 1. The van der Waals surface area contributed by atoms with Crippen molar-refractivity contribution in [2.75, 3.05) is 7.11 Å². The van der Waals surface area contributed by atoms with Crippen LogP contribution >= 0.6 is 11.8 Å². The highest BCUT2D eigenvalue weighted by Gasteiger charge is 2.37. The summed E-state index contributed by atoms with van der Waals surface area (Å²) in [6, 6.07) is 22.1. The molecule has 1 amide bonds. The molecule has 6 heteroatoms. The second kappa shape index (κ2) is 10.5. The van der Waals surface area contributed by atoms with E-state index in [1.807, 2.05) is 42.5 Å². The Hall–Kier alpha value is -3.12. The van der Waals surface area contributed by atoms with Crippen molar-refractivity contribution in [3.63, 3.8) is 0 Å². The van der Waals surface area contributed by atoms with Crippen molar-refractivity contribution in [1.29, 1.82) is 0 Å². The van der Waals surface area contributed by atoms with Crippen molar-refractivity contribution < 1.29 is 9.53 Å². The molecule has 0 aliphatic carbocycles. The minimum atomic E-state index is -0.0973. The predicted molar refractivity (Wildman–Crippen MR) is 133 cm³/mol. The highest BCUT2D eigenvalue weighted by Crippen LogP contribution is 2.33. The fourth-order valence-corrected chi connectivity index (χ4v) is 4.88. The summed E-state index contributed by atoms with van der Waals surface area (Å²) in [5.41, 5.74) is 2.03. The summed E-state index contributed by atoms with van der Waals surface area (Å²) in [6.45, 7) is 2.64. The van der Waals surface area contributed by atoms with E-state index in [4.69, 9.17) is 4.74 Å². The number of unbranched alkanes of at least 4 members (excludes halogenated alkanes) is 1. The first kappa shape index (κ1) is 22.1. The van der Waals surface area contributed by atoms with Gasteiger partial charge >= 0.3 is 0 Å². The minimum absolute atomic E-state index is 0.0973. The maximum absolute atomic E-state index is 13.2. The molecule has 1 fully saturated rings. The van der Waals surface area contributed by atoms with Crippen molar-refractivity contribution in [2.24, 2.45) is 10.2 Å². The molecule has 5 nitrogen and oxygen atoms in total. The number of amides is 1. The molecule has 1 aliphatic rings. The molecule has 4 rings (SSSR count). The molecule has 1 saturated heterocycles. The molecule has 3 aromatic rings. The van der Waals surface area contributed by atoms with Crippen LogP contribution in [0.5, 0.6) is 5.75 Å². The standard InChI is InChI=1S/C26H27N3O2S/c1-3-4-12-24-25(30)29(18-21-10-7-9-20-8-5-6-11-23(20)21)26(32-24)28-27-17-19-13-15-22(31-2)16-14-19/h5-11,13-17,24H,3-4,12,18H2,1-2H3. The highest BCUT2D eigenvalue weighted by molar-refractivity contribution is 8.15. The second-order valence-corrected chi connectivity index (χ2v) is 8.88. The van der Waals surface area contributed by atoms with Gasteiger partial charge in [0.25, 0.3) is 0 Å². The van der Waals surface area contributed by atoms with Gasteiger partial charge in [-0.2, -0.15) is 5.10 Å². The lowest BCUT2D eigenvalue weighted by Crippen LogP contribution is -2.31. The number of benzene rings is 3. The smallest absolute Gasteiger partial charge is 0.242 e. The number of methoxy groups -OCH3 is 1. The van der Waals surface area contributed by atoms with Gasteiger partial charge in [-0.3, -0.25) is 9.69 Å². The van der Waals surface area contributed by atoms with E-state index in [9.17, 15) is 4.79 Å². The van der Waals surface area contributed by atoms with Crippen molar-refractivity contribution in [3.05, 3.63) is 77.9 Å². The Bertz CT molecular complexity index is 1140. The van der Waals surface area contributed by atoms with Crippen LogP contribution in [-0.4, -0.2) is 34.5 Å². The van der Waals surface area contributed by atoms with Gasteiger partial charge < -0.3 is 4.74 Å². The molecule has 1 atom stereocenters. The summed E-state index contributed by atoms with van der Waals surface area (Å²) < 4.78 is 5.19. The highest BCUT2D eigenvalue weighted by atomic mass is 32.2. The van der Waals surface area contributed by atoms with E-state index in [1.165, 1.54) is 17.1 Å². The Balaban J connectivity index is 1.59. The topological polar surface area (TPSA) is 54.3 Å². The van der Waals surface area contributed by atoms with E-state index in [0.717, 1.165) is 41.5 Å². The van der Waals surface area contributed by atoms with Crippen LogP contribution in [0.2, 0.25) is 0 Å². The van der Waals surface area contributed by atoms with Crippen LogP contribution in [0.3, 0.4) is 0 Å². The van der Waals surface area contributed by atoms with Crippen LogP contribution in [0.1, 0.15) is 37.3 Å². The van der Waals surface area contributed by atoms with Crippen LogP contribution in [0.4, 0.5) is 0 Å². The van der Waals surface area contributed by atoms with E-state index < -0.39 is 0 Å². The van der Waals surface area contributed by atoms with Gasteiger partial charge in [0.2, 0.25) is 5.91 Å². The molecule has 3 aromatic carbocycles. The van der Waals surface area contributed by atoms with Gasteiger partial charge in [-0.25, -0.2) is 0 Å². The largest absolute Gasteiger partial charge is 0.497 e. The Morgan fingerprint density at radius 2 is 1.84 bits per heavy atom. The molecule has 164 valence electrons. The average Bonchev–Trinajstić information content (AvgIpc) is 3.12. The second-order valence-electron chi connectivity index (χ2n) is 7.71. The molecule has 0 N–H and O–H groups in total. The zero-order chi connectivity index (χ0) is 22.3. The zero-order valence-corrected chi connectivity index (χ0v) is 19.2. The molecule has 0 aromatic heterocycles. The van der Waals surface area contributed by atoms with Gasteiger partial charge in [-0.05, 0) is 52.6 Å². The number of hydrogen-bond donors (Lipinski definition) is 0. The molecule has 0 spiro atoms. The Labute approximate surface area is 193 Å².